The number of aromatic nitrogens is 2. The third kappa shape index (κ3) is 3.13. The summed E-state index contributed by atoms with van der Waals surface area (Å²) in [4.78, 5) is 19.7. The van der Waals surface area contributed by atoms with Gasteiger partial charge < -0.3 is 4.98 Å². The maximum absolute atomic E-state index is 13.2. The number of imidazole rings is 1. The monoisotopic (exact) mass is 303 g/mol. The summed E-state index contributed by atoms with van der Waals surface area (Å²) in [5.74, 6) is 0.616. The number of rotatable bonds is 2. The van der Waals surface area contributed by atoms with Crippen molar-refractivity contribution in [2.24, 2.45) is 17.3 Å². The summed E-state index contributed by atoms with van der Waals surface area (Å²) >= 11 is 0. The van der Waals surface area contributed by atoms with E-state index in [2.05, 4.69) is 36.1 Å². The fourth-order valence-electron chi connectivity index (χ4n) is 3.81. The summed E-state index contributed by atoms with van der Waals surface area (Å²) in [6.07, 6.45) is 2.95. The number of carbonyl (C=O) groups excluding carboxylic acids is 1. The van der Waals surface area contributed by atoms with Gasteiger partial charge in [0.1, 0.15) is 5.82 Å². The molecule has 5 heteroatoms. The van der Waals surface area contributed by atoms with Crippen molar-refractivity contribution >= 4 is 22.9 Å². The lowest BCUT2D eigenvalue weighted by Gasteiger charge is -2.38. The van der Waals surface area contributed by atoms with Crippen LogP contribution >= 0.6 is 0 Å². The number of carbonyl (C=O) groups is 1. The maximum Gasteiger partial charge on any atom is 0.229 e. The SMILES string of the molecule is CC1CC(C(=O)Nc2nc3ccc(F)cc3[nH]2)CC(C)(C)C1. The van der Waals surface area contributed by atoms with Gasteiger partial charge in [-0.15, -0.1) is 0 Å². The lowest BCUT2D eigenvalue weighted by molar-refractivity contribution is -0.122. The van der Waals surface area contributed by atoms with Crippen LogP contribution in [-0.4, -0.2) is 15.9 Å². The molecule has 2 aromatic rings. The molecule has 1 aromatic carbocycles. The number of hydrogen-bond acceptors (Lipinski definition) is 2. The Bertz CT molecular complexity index is 707. The topological polar surface area (TPSA) is 57.8 Å². The minimum Gasteiger partial charge on any atom is -0.324 e. The van der Waals surface area contributed by atoms with E-state index in [0.717, 1.165) is 19.3 Å². The van der Waals surface area contributed by atoms with Crippen molar-refractivity contribution in [2.75, 3.05) is 5.32 Å². The molecule has 1 aliphatic carbocycles. The van der Waals surface area contributed by atoms with E-state index >= 15 is 0 Å². The van der Waals surface area contributed by atoms with E-state index in [-0.39, 0.29) is 23.1 Å². The predicted octanol–water partition coefficient (Wildman–Crippen LogP) is 4.10. The third-order valence-corrected chi connectivity index (χ3v) is 4.44. The molecular formula is C17H22FN3O. The Kier molecular flexibility index (Phi) is 3.67. The van der Waals surface area contributed by atoms with Gasteiger partial charge >= 0.3 is 0 Å². The average Bonchev–Trinajstić information content (AvgIpc) is 2.77. The summed E-state index contributed by atoms with van der Waals surface area (Å²) < 4.78 is 13.2. The average molecular weight is 303 g/mol. The van der Waals surface area contributed by atoms with Gasteiger partial charge in [0.15, 0.2) is 0 Å². The number of nitrogens with one attached hydrogen (secondary N) is 2. The fourth-order valence-corrected chi connectivity index (χ4v) is 3.81. The Balaban J connectivity index is 1.75. The molecule has 2 atom stereocenters. The van der Waals surface area contributed by atoms with Crippen LogP contribution < -0.4 is 5.32 Å². The summed E-state index contributed by atoms with van der Waals surface area (Å²) in [5, 5.41) is 2.85. The highest BCUT2D eigenvalue weighted by Crippen LogP contribution is 2.41. The smallest absolute Gasteiger partial charge is 0.229 e. The minimum absolute atomic E-state index is 0.000784. The van der Waals surface area contributed by atoms with Gasteiger partial charge in [-0.25, -0.2) is 9.37 Å². The first-order chi connectivity index (χ1) is 10.3. The Labute approximate surface area is 129 Å². The van der Waals surface area contributed by atoms with Gasteiger partial charge in [0, 0.05) is 5.92 Å². The molecule has 2 unspecified atom stereocenters. The van der Waals surface area contributed by atoms with Crippen molar-refractivity contribution in [1.29, 1.82) is 0 Å². The summed E-state index contributed by atoms with van der Waals surface area (Å²) in [6, 6.07) is 4.34. The zero-order chi connectivity index (χ0) is 15.9. The van der Waals surface area contributed by atoms with Gasteiger partial charge in [0.2, 0.25) is 11.9 Å². The van der Waals surface area contributed by atoms with Crippen LogP contribution in [0.3, 0.4) is 0 Å². The van der Waals surface area contributed by atoms with Crippen LogP contribution in [-0.2, 0) is 4.79 Å². The van der Waals surface area contributed by atoms with E-state index in [9.17, 15) is 9.18 Å². The molecule has 1 fully saturated rings. The molecule has 2 N–H and O–H groups in total. The van der Waals surface area contributed by atoms with Crippen molar-refractivity contribution in [3.05, 3.63) is 24.0 Å². The Morgan fingerprint density at radius 2 is 2.18 bits per heavy atom. The molecular weight excluding hydrogens is 281 g/mol. The zero-order valence-electron chi connectivity index (χ0n) is 13.2. The highest BCUT2D eigenvalue weighted by molar-refractivity contribution is 5.92. The highest BCUT2D eigenvalue weighted by Gasteiger charge is 2.35. The van der Waals surface area contributed by atoms with E-state index in [1.54, 1.807) is 6.07 Å². The number of amides is 1. The van der Waals surface area contributed by atoms with Crippen molar-refractivity contribution in [1.82, 2.24) is 9.97 Å². The molecule has 1 aromatic heterocycles. The van der Waals surface area contributed by atoms with Gasteiger partial charge in [-0.05, 0) is 48.8 Å². The number of halogens is 1. The molecule has 22 heavy (non-hydrogen) atoms. The third-order valence-electron chi connectivity index (χ3n) is 4.44. The van der Waals surface area contributed by atoms with Crippen LogP contribution in [0.1, 0.15) is 40.0 Å². The number of hydrogen-bond donors (Lipinski definition) is 2. The summed E-state index contributed by atoms with van der Waals surface area (Å²) in [6.45, 7) is 6.63. The molecule has 0 saturated heterocycles. The van der Waals surface area contributed by atoms with Crippen LogP contribution in [0.15, 0.2) is 18.2 Å². The first-order valence-electron chi connectivity index (χ1n) is 7.78. The first-order valence-corrected chi connectivity index (χ1v) is 7.78. The van der Waals surface area contributed by atoms with Crippen molar-refractivity contribution < 1.29 is 9.18 Å². The van der Waals surface area contributed by atoms with E-state index in [1.807, 2.05) is 0 Å². The van der Waals surface area contributed by atoms with Gasteiger partial charge in [-0.1, -0.05) is 20.8 Å². The van der Waals surface area contributed by atoms with Crippen molar-refractivity contribution in [3.63, 3.8) is 0 Å². The lowest BCUT2D eigenvalue weighted by atomic mass is 9.68. The quantitative estimate of drug-likeness (QED) is 0.877. The largest absolute Gasteiger partial charge is 0.324 e. The van der Waals surface area contributed by atoms with Crippen molar-refractivity contribution in [2.45, 2.75) is 40.0 Å². The van der Waals surface area contributed by atoms with Gasteiger partial charge in [-0.3, -0.25) is 10.1 Å². The molecule has 0 bridgehead atoms. The molecule has 1 heterocycles. The molecule has 1 amide bonds. The van der Waals surface area contributed by atoms with Gasteiger partial charge in [0.05, 0.1) is 11.0 Å². The van der Waals surface area contributed by atoms with Gasteiger partial charge in [-0.2, -0.15) is 0 Å². The van der Waals surface area contributed by atoms with E-state index in [0.29, 0.717) is 22.9 Å². The fraction of sp³-hybridized carbons (Fsp3) is 0.529. The standard InChI is InChI=1S/C17H22FN3O/c1-10-6-11(9-17(2,3)8-10)15(22)21-16-19-13-5-4-12(18)7-14(13)20-16/h4-5,7,10-11H,6,8-9H2,1-3H3,(H2,19,20,21,22). The van der Waals surface area contributed by atoms with Crippen LogP contribution in [0.5, 0.6) is 0 Å². The number of anilines is 1. The Morgan fingerprint density at radius 1 is 1.41 bits per heavy atom. The molecule has 1 aliphatic rings. The Hall–Kier alpha value is -1.91. The number of nitrogens with zero attached hydrogens (tertiary/aromatic N) is 1. The Morgan fingerprint density at radius 3 is 2.91 bits per heavy atom. The number of fused-ring (bicyclic) bond motifs is 1. The predicted molar refractivity (Wildman–Crippen MR) is 85.0 cm³/mol. The molecule has 4 nitrogen and oxygen atoms in total. The van der Waals surface area contributed by atoms with Crippen LogP contribution in [0.25, 0.3) is 11.0 Å². The van der Waals surface area contributed by atoms with E-state index < -0.39 is 0 Å². The molecule has 118 valence electrons. The van der Waals surface area contributed by atoms with Crippen LogP contribution in [0.2, 0.25) is 0 Å². The molecule has 0 radical (unpaired) electrons. The molecule has 1 saturated carbocycles. The highest BCUT2D eigenvalue weighted by atomic mass is 19.1. The second-order valence-electron chi connectivity index (χ2n) is 7.35. The molecule has 0 aliphatic heterocycles. The lowest BCUT2D eigenvalue weighted by Crippen LogP contribution is -2.35. The second kappa shape index (κ2) is 5.38. The maximum atomic E-state index is 13.2. The molecule has 3 rings (SSSR count). The first kappa shape index (κ1) is 15.0. The normalized spacial score (nSPS) is 24.4. The zero-order valence-corrected chi connectivity index (χ0v) is 13.2. The molecule has 0 spiro atoms. The van der Waals surface area contributed by atoms with Crippen LogP contribution in [0.4, 0.5) is 10.3 Å². The second-order valence-corrected chi connectivity index (χ2v) is 7.35. The van der Waals surface area contributed by atoms with E-state index in [1.165, 1.54) is 12.1 Å². The number of H-pyrrole nitrogens is 1. The van der Waals surface area contributed by atoms with E-state index in [4.69, 9.17) is 0 Å². The van der Waals surface area contributed by atoms with Gasteiger partial charge in [0.25, 0.3) is 0 Å². The number of benzene rings is 1. The summed E-state index contributed by atoms with van der Waals surface area (Å²) in [5.41, 5.74) is 1.43. The number of aromatic amines is 1. The summed E-state index contributed by atoms with van der Waals surface area (Å²) in [7, 11) is 0. The minimum atomic E-state index is -0.322. The van der Waals surface area contributed by atoms with Crippen molar-refractivity contribution in [3.8, 4) is 0 Å². The van der Waals surface area contributed by atoms with Crippen LogP contribution in [0, 0.1) is 23.1 Å².